The first-order valence-corrected chi connectivity index (χ1v) is 6.96. The van der Waals surface area contributed by atoms with Crippen LogP contribution < -0.4 is 0 Å². The van der Waals surface area contributed by atoms with Crippen LogP contribution in [0.3, 0.4) is 0 Å². The summed E-state index contributed by atoms with van der Waals surface area (Å²) in [5, 5.41) is 10.6. The van der Waals surface area contributed by atoms with E-state index >= 15 is 0 Å². The Morgan fingerprint density at radius 2 is 2.00 bits per heavy atom. The van der Waals surface area contributed by atoms with Gasteiger partial charge in [0.15, 0.2) is 0 Å². The summed E-state index contributed by atoms with van der Waals surface area (Å²) in [7, 11) is 0. The minimum Gasteiger partial charge on any atom is -0.384 e. The van der Waals surface area contributed by atoms with E-state index in [2.05, 4.69) is 18.2 Å². The van der Waals surface area contributed by atoms with Gasteiger partial charge in [0.05, 0.1) is 0 Å². The highest BCUT2D eigenvalue weighted by molar-refractivity contribution is 5.35. The third-order valence-electron chi connectivity index (χ3n) is 5.07. The Labute approximate surface area is 108 Å². The van der Waals surface area contributed by atoms with E-state index in [4.69, 9.17) is 0 Å². The van der Waals surface area contributed by atoms with E-state index < -0.39 is 6.10 Å². The van der Waals surface area contributed by atoms with Crippen molar-refractivity contribution in [3.05, 3.63) is 59.7 Å². The van der Waals surface area contributed by atoms with Crippen molar-refractivity contribution >= 4 is 0 Å². The first-order chi connectivity index (χ1) is 8.84. The Morgan fingerprint density at radius 3 is 2.83 bits per heavy atom. The molecule has 0 aliphatic heterocycles. The Kier molecular flexibility index (Phi) is 2.25. The maximum Gasteiger partial charge on any atom is 0.100 e. The lowest BCUT2D eigenvalue weighted by atomic mass is 9.79. The largest absolute Gasteiger partial charge is 0.384 e. The zero-order chi connectivity index (χ0) is 12.1. The highest BCUT2D eigenvalue weighted by atomic mass is 16.3. The lowest BCUT2D eigenvalue weighted by Crippen LogP contribution is -2.20. The van der Waals surface area contributed by atoms with Crippen LogP contribution in [0.15, 0.2) is 54.1 Å². The molecule has 5 unspecified atom stereocenters. The molecule has 0 aromatic heterocycles. The third kappa shape index (κ3) is 1.37. The first kappa shape index (κ1) is 10.6. The van der Waals surface area contributed by atoms with Crippen LogP contribution in [0.4, 0.5) is 0 Å². The van der Waals surface area contributed by atoms with E-state index in [-0.39, 0.29) is 0 Å². The van der Waals surface area contributed by atoms with Crippen LogP contribution in [-0.2, 0) is 0 Å². The van der Waals surface area contributed by atoms with Gasteiger partial charge in [0.2, 0.25) is 0 Å². The van der Waals surface area contributed by atoms with E-state index in [1.54, 1.807) is 0 Å². The molecule has 3 aliphatic carbocycles. The van der Waals surface area contributed by atoms with Gasteiger partial charge in [-0.1, -0.05) is 48.6 Å². The lowest BCUT2D eigenvalue weighted by Gasteiger charge is -2.27. The van der Waals surface area contributed by atoms with Crippen LogP contribution >= 0.6 is 0 Å². The topological polar surface area (TPSA) is 20.2 Å². The average Bonchev–Trinajstić information content (AvgIpc) is 3.10. The van der Waals surface area contributed by atoms with Gasteiger partial charge in [-0.3, -0.25) is 0 Å². The van der Waals surface area contributed by atoms with Gasteiger partial charge in [0.25, 0.3) is 0 Å². The molecule has 0 radical (unpaired) electrons. The molecular formula is C17H18O. The number of allylic oxidation sites excluding steroid dienone is 3. The predicted octanol–water partition coefficient (Wildman–Crippen LogP) is 3.49. The Bertz CT molecular complexity index is 514. The summed E-state index contributed by atoms with van der Waals surface area (Å²) in [5.41, 5.74) is 2.31. The third-order valence-corrected chi connectivity index (χ3v) is 5.07. The maximum atomic E-state index is 10.6. The zero-order valence-corrected chi connectivity index (χ0v) is 10.4. The first-order valence-electron chi connectivity index (χ1n) is 6.96. The Morgan fingerprint density at radius 1 is 1.17 bits per heavy atom. The maximum absolute atomic E-state index is 10.6. The highest BCUT2D eigenvalue weighted by Crippen LogP contribution is 2.57. The van der Waals surface area contributed by atoms with Crippen molar-refractivity contribution in [2.24, 2.45) is 23.7 Å². The predicted molar refractivity (Wildman–Crippen MR) is 71.8 cm³/mol. The molecule has 0 heterocycles. The quantitative estimate of drug-likeness (QED) is 0.782. The van der Waals surface area contributed by atoms with Crippen molar-refractivity contribution in [3.8, 4) is 0 Å². The van der Waals surface area contributed by atoms with Crippen LogP contribution in [0.5, 0.6) is 0 Å². The summed E-state index contributed by atoms with van der Waals surface area (Å²) in [5.74, 6) is 2.84. The second kappa shape index (κ2) is 3.83. The second-order valence-electron chi connectivity index (χ2n) is 5.89. The molecule has 1 nitrogen and oxygen atoms in total. The molecular weight excluding hydrogens is 220 g/mol. The van der Waals surface area contributed by atoms with Gasteiger partial charge in [0.1, 0.15) is 6.10 Å². The van der Waals surface area contributed by atoms with Gasteiger partial charge in [-0.15, -0.1) is 0 Å². The monoisotopic (exact) mass is 238 g/mol. The van der Waals surface area contributed by atoms with E-state index in [9.17, 15) is 5.11 Å². The van der Waals surface area contributed by atoms with Crippen molar-refractivity contribution in [1.82, 2.24) is 0 Å². The van der Waals surface area contributed by atoms with Crippen molar-refractivity contribution < 1.29 is 5.11 Å². The average molecular weight is 238 g/mol. The fourth-order valence-corrected chi connectivity index (χ4v) is 4.25. The molecule has 0 amide bonds. The molecule has 92 valence electrons. The molecule has 2 bridgehead atoms. The van der Waals surface area contributed by atoms with Crippen LogP contribution in [0.25, 0.3) is 0 Å². The normalized spacial score (nSPS) is 37.7. The number of benzene rings is 1. The molecule has 3 aliphatic rings. The standard InChI is InChI=1S/C17H18O/c18-17(11-5-2-1-3-6-11)16-10-12-9-15(16)14-8-4-7-13(12)14/h1-6,8,10,12-15,17-18H,7,9H2. The second-order valence-corrected chi connectivity index (χ2v) is 5.89. The van der Waals surface area contributed by atoms with Crippen LogP contribution in [0, 0.1) is 23.7 Å². The van der Waals surface area contributed by atoms with Crippen molar-refractivity contribution in [2.45, 2.75) is 18.9 Å². The number of hydrogen-bond donors (Lipinski definition) is 1. The Hall–Kier alpha value is -1.34. The molecule has 0 spiro atoms. The molecule has 1 heteroatoms. The molecule has 1 aromatic carbocycles. The van der Waals surface area contributed by atoms with E-state index in [1.165, 1.54) is 18.4 Å². The fraction of sp³-hybridized carbons (Fsp3) is 0.412. The van der Waals surface area contributed by atoms with Gasteiger partial charge >= 0.3 is 0 Å². The van der Waals surface area contributed by atoms with E-state index in [0.29, 0.717) is 17.8 Å². The number of aliphatic hydroxyl groups is 1. The minimum absolute atomic E-state index is 0.392. The highest BCUT2D eigenvalue weighted by Gasteiger charge is 2.49. The summed E-state index contributed by atoms with van der Waals surface area (Å²) in [4.78, 5) is 0. The fourth-order valence-electron chi connectivity index (χ4n) is 4.25. The molecule has 4 rings (SSSR count). The number of fused-ring (bicyclic) bond motifs is 5. The van der Waals surface area contributed by atoms with Crippen molar-refractivity contribution in [1.29, 1.82) is 0 Å². The molecule has 18 heavy (non-hydrogen) atoms. The summed E-state index contributed by atoms with van der Waals surface area (Å²) >= 11 is 0. The SMILES string of the molecule is OC(C1=CC2CC1C1C=CCC21)c1ccccc1. The van der Waals surface area contributed by atoms with Crippen LogP contribution in [0.2, 0.25) is 0 Å². The van der Waals surface area contributed by atoms with Crippen molar-refractivity contribution in [2.75, 3.05) is 0 Å². The van der Waals surface area contributed by atoms with Crippen molar-refractivity contribution in [3.63, 3.8) is 0 Å². The van der Waals surface area contributed by atoms with Gasteiger partial charge in [-0.25, -0.2) is 0 Å². The molecule has 1 aromatic rings. The summed E-state index contributed by atoms with van der Waals surface area (Å²) < 4.78 is 0. The summed E-state index contributed by atoms with van der Waals surface area (Å²) in [6, 6.07) is 10.1. The molecule has 5 atom stereocenters. The van der Waals surface area contributed by atoms with E-state index in [1.807, 2.05) is 30.3 Å². The van der Waals surface area contributed by atoms with Crippen LogP contribution in [-0.4, -0.2) is 5.11 Å². The van der Waals surface area contributed by atoms with Gasteiger partial charge < -0.3 is 5.11 Å². The van der Waals surface area contributed by atoms with Crippen LogP contribution in [0.1, 0.15) is 24.5 Å². The molecule has 1 N–H and O–H groups in total. The molecule has 0 saturated heterocycles. The molecule has 1 saturated carbocycles. The Balaban J connectivity index is 1.65. The lowest BCUT2D eigenvalue weighted by molar-refractivity contribution is 0.194. The number of rotatable bonds is 2. The van der Waals surface area contributed by atoms with Gasteiger partial charge in [0, 0.05) is 0 Å². The summed E-state index contributed by atoms with van der Waals surface area (Å²) in [6.07, 6.45) is 9.21. The van der Waals surface area contributed by atoms with Gasteiger partial charge in [-0.2, -0.15) is 0 Å². The molecule has 1 fully saturated rings. The van der Waals surface area contributed by atoms with E-state index in [0.717, 1.165) is 11.5 Å². The number of hydrogen-bond acceptors (Lipinski definition) is 1. The minimum atomic E-state index is -0.392. The summed E-state index contributed by atoms with van der Waals surface area (Å²) in [6.45, 7) is 0. The number of aliphatic hydroxyl groups excluding tert-OH is 1. The van der Waals surface area contributed by atoms with Gasteiger partial charge in [-0.05, 0) is 47.6 Å². The smallest absolute Gasteiger partial charge is 0.100 e. The zero-order valence-electron chi connectivity index (χ0n) is 10.4.